The molecule has 0 bridgehead atoms. The first-order valence-electron chi connectivity index (χ1n) is 7.88. The van der Waals surface area contributed by atoms with Gasteiger partial charge in [-0.3, -0.25) is 10.00 Å². The number of nitrogens with zero attached hydrogens (tertiary/aromatic N) is 3. The number of rotatable bonds is 5. The van der Waals surface area contributed by atoms with Crippen LogP contribution in [0.4, 0.5) is 5.69 Å². The molecule has 1 aliphatic heterocycles. The van der Waals surface area contributed by atoms with Crippen LogP contribution >= 0.6 is 0 Å². The third-order valence-corrected chi connectivity index (χ3v) is 4.28. The van der Waals surface area contributed by atoms with Crippen LogP contribution in [0.25, 0.3) is 10.9 Å². The zero-order chi connectivity index (χ0) is 14.7. The Kier molecular flexibility index (Phi) is 4.41. The molecule has 5 heteroatoms. The highest BCUT2D eigenvalue weighted by Crippen LogP contribution is 2.26. The fraction of sp³-hybridized carbons (Fsp3) is 0.562. The van der Waals surface area contributed by atoms with E-state index in [9.17, 15) is 0 Å². The zero-order valence-electron chi connectivity index (χ0n) is 12.8. The van der Waals surface area contributed by atoms with E-state index in [1.54, 1.807) is 0 Å². The molecule has 1 aliphatic rings. The molecular formula is C16H25N5. The number of fused-ring (bicyclic) bond motifs is 1. The summed E-state index contributed by atoms with van der Waals surface area (Å²) in [5, 5.41) is 8.84. The standard InChI is InChI=1S/C16H25N5/c1-20(10-7-17)12-16-14-11-13(5-6-15(14)18-19-16)21-8-3-2-4-9-21/h5-6,11H,2-4,7-10,12,17H2,1H3,(H,18,19). The Morgan fingerprint density at radius 3 is 2.86 bits per heavy atom. The number of likely N-dealkylation sites (N-methyl/N-ethyl adjacent to an activating group) is 1. The highest BCUT2D eigenvalue weighted by Gasteiger charge is 2.14. The third kappa shape index (κ3) is 3.19. The van der Waals surface area contributed by atoms with Gasteiger partial charge in [0.2, 0.25) is 0 Å². The van der Waals surface area contributed by atoms with Gasteiger partial charge in [-0.15, -0.1) is 0 Å². The number of aromatic nitrogens is 2. The van der Waals surface area contributed by atoms with Gasteiger partial charge in [-0.1, -0.05) is 0 Å². The van der Waals surface area contributed by atoms with Gasteiger partial charge in [0, 0.05) is 43.8 Å². The molecule has 1 saturated heterocycles. The number of aromatic amines is 1. The maximum Gasteiger partial charge on any atom is 0.0925 e. The number of piperidine rings is 1. The van der Waals surface area contributed by atoms with E-state index in [1.165, 1.54) is 49.1 Å². The Morgan fingerprint density at radius 2 is 2.10 bits per heavy atom. The van der Waals surface area contributed by atoms with E-state index >= 15 is 0 Å². The van der Waals surface area contributed by atoms with Crippen molar-refractivity contribution in [3.63, 3.8) is 0 Å². The van der Waals surface area contributed by atoms with Crippen molar-refractivity contribution in [3.8, 4) is 0 Å². The molecule has 21 heavy (non-hydrogen) atoms. The molecule has 0 amide bonds. The summed E-state index contributed by atoms with van der Waals surface area (Å²) in [6, 6.07) is 6.61. The monoisotopic (exact) mass is 287 g/mol. The molecule has 0 unspecified atom stereocenters. The number of hydrogen-bond acceptors (Lipinski definition) is 4. The second kappa shape index (κ2) is 6.45. The lowest BCUT2D eigenvalue weighted by atomic mass is 10.1. The van der Waals surface area contributed by atoms with Gasteiger partial charge in [-0.25, -0.2) is 0 Å². The molecule has 1 fully saturated rings. The molecule has 5 nitrogen and oxygen atoms in total. The van der Waals surface area contributed by atoms with Crippen molar-refractivity contribution in [2.75, 3.05) is 38.1 Å². The molecule has 0 atom stereocenters. The largest absolute Gasteiger partial charge is 0.372 e. The van der Waals surface area contributed by atoms with Crippen LogP contribution < -0.4 is 10.6 Å². The number of nitrogens with one attached hydrogen (secondary N) is 1. The summed E-state index contributed by atoms with van der Waals surface area (Å²) < 4.78 is 0. The molecular weight excluding hydrogens is 262 g/mol. The topological polar surface area (TPSA) is 61.2 Å². The second-order valence-electron chi connectivity index (χ2n) is 5.98. The average Bonchev–Trinajstić information content (AvgIpc) is 2.91. The summed E-state index contributed by atoms with van der Waals surface area (Å²) in [5.41, 5.74) is 9.17. The molecule has 1 aromatic carbocycles. The summed E-state index contributed by atoms with van der Waals surface area (Å²) in [7, 11) is 2.09. The molecule has 2 heterocycles. The maximum atomic E-state index is 5.62. The van der Waals surface area contributed by atoms with Crippen LogP contribution in [0.1, 0.15) is 25.0 Å². The number of anilines is 1. The lowest BCUT2D eigenvalue weighted by Crippen LogP contribution is -2.29. The molecule has 1 aromatic heterocycles. The van der Waals surface area contributed by atoms with Crippen molar-refractivity contribution >= 4 is 16.6 Å². The van der Waals surface area contributed by atoms with Crippen molar-refractivity contribution in [1.82, 2.24) is 15.1 Å². The van der Waals surface area contributed by atoms with Crippen LogP contribution in [0, 0.1) is 0 Å². The van der Waals surface area contributed by atoms with Gasteiger partial charge in [0.15, 0.2) is 0 Å². The highest BCUT2D eigenvalue weighted by atomic mass is 15.2. The van der Waals surface area contributed by atoms with E-state index in [0.29, 0.717) is 6.54 Å². The zero-order valence-corrected chi connectivity index (χ0v) is 12.8. The third-order valence-electron chi connectivity index (χ3n) is 4.28. The van der Waals surface area contributed by atoms with Crippen LogP contribution in [-0.4, -0.2) is 48.3 Å². The first-order valence-corrected chi connectivity index (χ1v) is 7.88. The molecule has 0 saturated carbocycles. The first kappa shape index (κ1) is 14.4. The van der Waals surface area contributed by atoms with Crippen molar-refractivity contribution in [2.45, 2.75) is 25.8 Å². The minimum absolute atomic E-state index is 0.682. The minimum atomic E-state index is 0.682. The fourth-order valence-corrected chi connectivity index (χ4v) is 3.09. The summed E-state index contributed by atoms with van der Waals surface area (Å²) >= 11 is 0. The molecule has 0 radical (unpaired) electrons. The highest BCUT2D eigenvalue weighted by molar-refractivity contribution is 5.85. The van der Waals surface area contributed by atoms with Gasteiger partial charge >= 0.3 is 0 Å². The van der Waals surface area contributed by atoms with Crippen molar-refractivity contribution in [3.05, 3.63) is 23.9 Å². The molecule has 0 spiro atoms. The van der Waals surface area contributed by atoms with Crippen molar-refractivity contribution in [2.24, 2.45) is 5.73 Å². The van der Waals surface area contributed by atoms with Crippen LogP contribution in [0.2, 0.25) is 0 Å². The predicted molar refractivity (Wildman–Crippen MR) is 87.5 cm³/mol. The van der Waals surface area contributed by atoms with Gasteiger partial charge in [-0.2, -0.15) is 5.10 Å². The van der Waals surface area contributed by atoms with Crippen LogP contribution in [0.15, 0.2) is 18.2 Å². The van der Waals surface area contributed by atoms with E-state index in [2.05, 4.69) is 45.2 Å². The van der Waals surface area contributed by atoms with E-state index in [-0.39, 0.29) is 0 Å². The quantitative estimate of drug-likeness (QED) is 0.882. The summed E-state index contributed by atoms with van der Waals surface area (Å²) in [6.45, 7) is 4.78. The van der Waals surface area contributed by atoms with Crippen LogP contribution in [0.3, 0.4) is 0 Å². The van der Waals surface area contributed by atoms with Gasteiger partial charge in [-0.05, 0) is 44.5 Å². The number of hydrogen-bond donors (Lipinski definition) is 2. The Balaban J connectivity index is 1.84. The SMILES string of the molecule is CN(CCN)Cc1[nH]nc2ccc(N3CCCCC3)cc12. The normalized spacial score (nSPS) is 16.0. The smallest absolute Gasteiger partial charge is 0.0925 e. The fourth-order valence-electron chi connectivity index (χ4n) is 3.09. The summed E-state index contributed by atoms with van der Waals surface area (Å²) in [5.74, 6) is 0. The van der Waals surface area contributed by atoms with Gasteiger partial charge in [0.25, 0.3) is 0 Å². The molecule has 3 rings (SSSR count). The molecule has 0 aliphatic carbocycles. The Hall–Kier alpha value is -1.59. The second-order valence-corrected chi connectivity index (χ2v) is 5.98. The summed E-state index contributed by atoms with van der Waals surface area (Å²) in [4.78, 5) is 4.71. The Morgan fingerprint density at radius 1 is 1.29 bits per heavy atom. The minimum Gasteiger partial charge on any atom is -0.372 e. The van der Waals surface area contributed by atoms with Crippen molar-refractivity contribution < 1.29 is 0 Å². The molecule has 2 aromatic rings. The Bertz CT molecular complexity index is 585. The summed E-state index contributed by atoms with van der Waals surface area (Å²) in [6.07, 6.45) is 3.96. The van der Waals surface area contributed by atoms with E-state index in [1.807, 2.05) is 0 Å². The number of H-pyrrole nitrogens is 1. The average molecular weight is 287 g/mol. The molecule has 3 N–H and O–H groups in total. The van der Waals surface area contributed by atoms with Gasteiger partial charge in [0.05, 0.1) is 11.2 Å². The van der Waals surface area contributed by atoms with E-state index in [0.717, 1.165) is 18.6 Å². The molecule has 114 valence electrons. The maximum absolute atomic E-state index is 5.62. The van der Waals surface area contributed by atoms with Crippen molar-refractivity contribution in [1.29, 1.82) is 0 Å². The van der Waals surface area contributed by atoms with Crippen LogP contribution in [-0.2, 0) is 6.54 Å². The van der Waals surface area contributed by atoms with Crippen LogP contribution in [0.5, 0.6) is 0 Å². The van der Waals surface area contributed by atoms with Gasteiger partial charge < -0.3 is 10.6 Å². The number of benzene rings is 1. The Labute approximate surface area is 126 Å². The van der Waals surface area contributed by atoms with Gasteiger partial charge in [0.1, 0.15) is 0 Å². The number of nitrogens with two attached hydrogens (primary N) is 1. The lowest BCUT2D eigenvalue weighted by molar-refractivity contribution is 0.333. The van der Waals surface area contributed by atoms with E-state index < -0.39 is 0 Å². The van der Waals surface area contributed by atoms with E-state index in [4.69, 9.17) is 5.73 Å². The lowest BCUT2D eigenvalue weighted by Gasteiger charge is -2.28. The predicted octanol–water partition coefficient (Wildman–Crippen LogP) is 1.94. The first-order chi connectivity index (χ1) is 10.3.